The van der Waals surface area contributed by atoms with Crippen molar-refractivity contribution in [1.82, 2.24) is 14.9 Å². The Bertz CT molecular complexity index is 1170. The number of rotatable bonds is 4. The predicted octanol–water partition coefficient (Wildman–Crippen LogP) is 4.73. The quantitative estimate of drug-likeness (QED) is 0.521. The van der Waals surface area contributed by atoms with Crippen LogP contribution in [-0.2, 0) is 16.1 Å². The lowest BCUT2D eigenvalue weighted by atomic mass is 10.0. The molecule has 0 saturated heterocycles. The number of aliphatic carboxylic acids is 1. The van der Waals surface area contributed by atoms with Crippen molar-refractivity contribution in [3.05, 3.63) is 59.4 Å². The van der Waals surface area contributed by atoms with E-state index in [0.29, 0.717) is 12.5 Å². The van der Waals surface area contributed by atoms with Gasteiger partial charge in [0.1, 0.15) is 5.82 Å². The van der Waals surface area contributed by atoms with Crippen LogP contribution in [0, 0.1) is 6.92 Å². The third-order valence-corrected chi connectivity index (χ3v) is 5.27. The van der Waals surface area contributed by atoms with Gasteiger partial charge in [0.05, 0.1) is 11.0 Å². The number of aryl methyl sites for hydroxylation is 1. The number of aromatic nitrogens is 2. The van der Waals surface area contributed by atoms with Crippen molar-refractivity contribution in [2.75, 3.05) is 5.32 Å². The maximum absolute atomic E-state index is 12.5. The number of carboxylic acid groups (broad SMARTS) is 1. The van der Waals surface area contributed by atoms with E-state index in [9.17, 15) is 18.0 Å². The molecule has 0 fully saturated rings. The number of carbonyl (C=O) groups excluding carboxylic acids is 1. The zero-order valence-electron chi connectivity index (χ0n) is 18.4. The number of imidazole rings is 1. The largest absolute Gasteiger partial charge is 0.490 e. The van der Waals surface area contributed by atoms with E-state index in [1.165, 1.54) is 11.1 Å². The Kier molecular flexibility index (Phi) is 7.06. The van der Waals surface area contributed by atoms with Crippen LogP contribution in [0.1, 0.15) is 49.3 Å². The Balaban J connectivity index is 0.000000383. The van der Waals surface area contributed by atoms with E-state index in [2.05, 4.69) is 46.2 Å². The van der Waals surface area contributed by atoms with Gasteiger partial charge in [0.15, 0.2) is 0 Å². The van der Waals surface area contributed by atoms with E-state index < -0.39 is 12.1 Å². The van der Waals surface area contributed by atoms with Crippen LogP contribution in [0.2, 0.25) is 0 Å². The number of alkyl halides is 3. The first-order valence-electron chi connectivity index (χ1n) is 10.4. The number of hydrogen-bond donors (Lipinski definition) is 3. The van der Waals surface area contributed by atoms with Crippen LogP contribution in [0.25, 0.3) is 11.0 Å². The highest BCUT2D eigenvalue weighted by Crippen LogP contribution is 2.28. The molecular weight excluding hydrogens is 437 g/mol. The van der Waals surface area contributed by atoms with Gasteiger partial charge >= 0.3 is 12.1 Å². The lowest BCUT2D eigenvalue weighted by Gasteiger charge is -2.13. The molecule has 3 aromatic rings. The van der Waals surface area contributed by atoms with Gasteiger partial charge in [-0.2, -0.15) is 13.2 Å². The number of nitrogens with zero attached hydrogens (tertiary/aromatic N) is 2. The van der Waals surface area contributed by atoms with Gasteiger partial charge in [-0.1, -0.05) is 24.3 Å². The number of carboxylic acids is 1. The van der Waals surface area contributed by atoms with Crippen LogP contribution in [0.4, 0.5) is 18.9 Å². The van der Waals surface area contributed by atoms with Crippen LogP contribution >= 0.6 is 0 Å². The lowest BCUT2D eigenvalue weighted by molar-refractivity contribution is -0.192. The van der Waals surface area contributed by atoms with Crippen LogP contribution in [-0.4, -0.2) is 32.7 Å². The van der Waals surface area contributed by atoms with Crippen LogP contribution in [0.5, 0.6) is 0 Å². The van der Waals surface area contributed by atoms with Crippen molar-refractivity contribution in [1.29, 1.82) is 0 Å². The number of fused-ring (bicyclic) bond motifs is 2. The molecule has 2 aromatic carbocycles. The second-order valence-corrected chi connectivity index (χ2v) is 8.01. The van der Waals surface area contributed by atoms with Crippen molar-refractivity contribution in [2.24, 2.45) is 0 Å². The summed E-state index contributed by atoms with van der Waals surface area (Å²) >= 11 is 0. The van der Waals surface area contributed by atoms with Crippen molar-refractivity contribution in [3.63, 3.8) is 0 Å². The molecule has 0 aliphatic carbocycles. The molecule has 10 heteroatoms. The first-order chi connectivity index (χ1) is 15.5. The fourth-order valence-corrected chi connectivity index (χ4v) is 3.91. The SMILES string of the molecule is Cc1nc2cc(NC(=O)CC3NCc4ccccc43)ccc2n1C(C)C.O=C(O)C(F)(F)F. The molecule has 1 aliphatic rings. The normalized spacial score (nSPS) is 15.2. The zero-order valence-corrected chi connectivity index (χ0v) is 18.4. The predicted molar refractivity (Wildman–Crippen MR) is 118 cm³/mol. The molecule has 1 aliphatic heterocycles. The van der Waals surface area contributed by atoms with E-state index >= 15 is 0 Å². The molecule has 1 amide bonds. The van der Waals surface area contributed by atoms with Gasteiger partial charge in [-0.15, -0.1) is 0 Å². The number of benzene rings is 2. The number of hydrogen-bond acceptors (Lipinski definition) is 4. The maximum atomic E-state index is 12.5. The highest BCUT2D eigenvalue weighted by molar-refractivity contribution is 5.93. The van der Waals surface area contributed by atoms with Gasteiger partial charge in [0, 0.05) is 30.7 Å². The molecule has 0 bridgehead atoms. The lowest BCUT2D eigenvalue weighted by Crippen LogP contribution is -2.21. The van der Waals surface area contributed by atoms with Gasteiger partial charge in [-0.25, -0.2) is 9.78 Å². The van der Waals surface area contributed by atoms with Crippen LogP contribution in [0.15, 0.2) is 42.5 Å². The van der Waals surface area contributed by atoms with Gasteiger partial charge in [0.25, 0.3) is 0 Å². The van der Waals surface area contributed by atoms with E-state index in [0.717, 1.165) is 29.1 Å². The third kappa shape index (κ3) is 5.70. The molecule has 4 rings (SSSR count). The standard InChI is InChI=1S/C21H24N4O.C2HF3O2/c1-13(2)25-14(3)23-19-10-16(8-9-20(19)25)24-21(26)11-18-17-7-5-4-6-15(17)12-22-18;3-2(4,5)1(6)7/h4-10,13,18,22H,11-12H2,1-3H3,(H,24,26);(H,6,7). The van der Waals surface area contributed by atoms with Gasteiger partial charge < -0.3 is 20.3 Å². The minimum Gasteiger partial charge on any atom is -0.475 e. The Morgan fingerprint density at radius 2 is 1.91 bits per heavy atom. The summed E-state index contributed by atoms with van der Waals surface area (Å²) in [5, 5.41) is 13.6. The van der Waals surface area contributed by atoms with E-state index in [1.807, 2.05) is 37.3 Å². The number of halogens is 3. The second-order valence-electron chi connectivity index (χ2n) is 8.01. The number of amides is 1. The summed E-state index contributed by atoms with van der Waals surface area (Å²) in [6.07, 6.45) is -4.66. The van der Waals surface area contributed by atoms with Crippen LogP contribution < -0.4 is 10.6 Å². The zero-order chi connectivity index (χ0) is 24.3. The average Bonchev–Trinajstić information content (AvgIpc) is 3.27. The molecule has 0 radical (unpaired) electrons. The van der Waals surface area contributed by atoms with Gasteiger partial charge in [-0.3, -0.25) is 4.79 Å². The molecule has 0 saturated carbocycles. The number of anilines is 1. The Labute approximate surface area is 188 Å². The van der Waals surface area contributed by atoms with Gasteiger partial charge in [-0.05, 0) is 50.1 Å². The monoisotopic (exact) mass is 462 g/mol. The summed E-state index contributed by atoms with van der Waals surface area (Å²) in [5.74, 6) is -1.75. The third-order valence-electron chi connectivity index (χ3n) is 5.27. The smallest absolute Gasteiger partial charge is 0.475 e. The summed E-state index contributed by atoms with van der Waals surface area (Å²) in [7, 11) is 0. The molecule has 176 valence electrons. The fourth-order valence-electron chi connectivity index (χ4n) is 3.91. The molecule has 1 unspecified atom stereocenters. The molecule has 33 heavy (non-hydrogen) atoms. The molecular formula is C23H25F3N4O3. The Morgan fingerprint density at radius 3 is 2.55 bits per heavy atom. The topological polar surface area (TPSA) is 96.3 Å². The Morgan fingerprint density at radius 1 is 1.24 bits per heavy atom. The summed E-state index contributed by atoms with van der Waals surface area (Å²) in [5.41, 5.74) is 5.31. The van der Waals surface area contributed by atoms with E-state index in [-0.39, 0.29) is 11.9 Å². The van der Waals surface area contributed by atoms with Crippen LogP contribution in [0.3, 0.4) is 0 Å². The van der Waals surface area contributed by atoms with Crippen molar-refractivity contribution in [3.8, 4) is 0 Å². The summed E-state index contributed by atoms with van der Waals surface area (Å²) < 4.78 is 33.9. The van der Waals surface area contributed by atoms with E-state index in [1.54, 1.807) is 0 Å². The number of nitrogens with one attached hydrogen (secondary N) is 2. The summed E-state index contributed by atoms with van der Waals surface area (Å²) in [6.45, 7) is 7.14. The minimum absolute atomic E-state index is 0.0126. The van der Waals surface area contributed by atoms with Crippen molar-refractivity contribution >= 4 is 28.6 Å². The first kappa shape index (κ1) is 24.2. The van der Waals surface area contributed by atoms with Gasteiger partial charge in [0.2, 0.25) is 5.91 Å². The highest BCUT2D eigenvalue weighted by Gasteiger charge is 2.38. The highest BCUT2D eigenvalue weighted by atomic mass is 19.4. The first-order valence-corrected chi connectivity index (χ1v) is 10.4. The molecule has 3 N–H and O–H groups in total. The van der Waals surface area contributed by atoms with E-state index in [4.69, 9.17) is 9.90 Å². The maximum Gasteiger partial charge on any atom is 0.490 e. The number of carbonyl (C=O) groups is 2. The molecule has 7 nitrogen and oxygen atoms in total. The summed E-state index contributed by atoms with van der Waals surface area (Å²) in [4.78, 5) is 26.0. The fraction of sp³-hybridized carbons (Fsp3) is 0.348. The minimum atomic E-state index is -5.08. The molecule has 2 heterocycles. The Hall–Kier alpha value is -3.40. The molecule has 1 aromatic heterocycles. The molecule has 1 atom stereocenters. The molecule has 0 spiro atoms. The van der Waals surface area contributed by atoms with Crippen molar-refractivity contribution < 1.29 is 27.9 Å². The second kappa shape index (κ2) is 9.62. The van der Waals surface area contributed by atoms with Crippen molar-refractivity contribution in [2.45, 2.75) is 52.0 Å². The summed E-state index contributed by atoms with van der Waals surface area (Å²) in [6, 6.07) is 14.7. The average molecular weight is 462 g/mol.